The number of rotatable bonds is 7. The third-order valence-electron chi connectivity index (χ3n) is 3.47. The fourth-order valence-corrected chi connectivity index (χ4v) is 4.25. The highest BCUT2D eigenvalue weighted by Gasteiger charge is 2.15. The van der Waals surface area contributed by atoms with Gasteiger partial charge in [-0.3, -0.25) is 0 Å². The Labute approximate surface area is 119 Å². The van der Waals surface area contributed by atoms with Crippen molar-refractivity contribution in [3.63, 3.8) is 0 Å². The van der Waals surface area contributed by atoms with Crippen LogP contribution in [0.1, 0.15) is 24.1 Å². The molecular formula is C13H22N2O2S2. The lowest BCUT2D eigenvalue weighted by Crippen LogP contribution is -2.34. The molecule has 1 aliphatic heterocycles. The van der Waals surface area contributed by atoms with Gasteiger partial charge in [-0.2, -0.15) is 0 Å². The highest BCUT2D eigenvalue weighted by Crippen LogP contribution is 2.13. The van der Waals surface area contributed by atoms with Crippen LogP contribution in [-0.2, 0) is 16.4 Å². The monoisotopic (exact) mass is 302 g/mol. The number of hydrogen-bond acceptors (Lipinski definition) is 4. The summed E-state index contributed by atoms with van der Waals surface area (Å²) >= 11 is 1.61. The summed E-state index contributed by atoms with van der Waals surface area (Å²) in [4.78, 5) is 1.13. The summed E-state index contributed by atoms with van der Waals surface area (Å²) in [5.41, 5.74) is 0. The molecule has 1 aromatic rings. The minimum Gasteiger partial charge on any atom is -0.316 e. The van der Waals surface area contributed by atoms with Gasteiger partial charge in [-0.1, -0.05) is 6.07 Å². The van der Waals surface area contributed by atoms with Crippen LogP contribution in [0.5, 0.6) is 0 Å². The summed E-state index contributed by atoms with van der Waals surface area (Å²) in [5.74, 6) is 0.810. The molecule has 19 heavy (non-hydrogen) atoms. The van der Waals surface area contributed by atoms with Gasteiger partial charge in [0.25, 0.3) is 0 Å². The predicted molar refractivity (Wildman–Crippen MR) is 80.0 cm³/mol. The highest BCUT2D eigenvalue weighted by atomic mass is 32.2. The third kappa shape index (κ3) is 5.60. The van der Waals surface area contributed by atoms with Crippen LogP contribution < -0.4 is 10.0 Å². The van der Waals surface area contributed by atoms with E-state index in [-0.39, 0.29) is 5.75 Å². The van der Waals surface area contributed by atoms with Crippen LogP contribution in [0.2, 0.25) is 0 Å². The number of thiophene rings is 1. The summed E-state index contributed by atoms with van der Waals surface area (Å²) in [6.07, 6.45) is 3.96. The summed E-state index contributed by atoms with van der Waals surface area (Å²) in [5, 5.41) is 5.33. The van der Waals surface area contributed by atoms with Crippen molar-refractivity contribution in [2.75, 3.05) is 25.4 Å². The minimum absolute atomic E-state index is 0.191. The number of sulfonamides is 1. The molecule has 1 unspecified atom stereocenters. The van der Waals surface area contributed by atoms with Crippen LogP contribution in [0, 0.1) is 5.92 Å². The fraction of sp³-hybridized carbons (Fsp3) is 0.692. The average Bonchev–Trinajstić information content (AvgIpc) is 2.91. The summed E-state index contributed by atoms with van der Waals surface area (Å²) in [7, 11) is -3.12. The van der Waals surface area contributed by atoms with E-state index in [0.717, 1.165) is 24.4 Å². The molecule has 2 N–H and O–H groups in total. The van der Waals surface area contributed by atoms with E-state index >= 15 is 0 Å². The van der Waals surface area contributed by atoms with Crippen molar-refractivity contribution in [2.24, 2.45) is 5.92 Å². The van der Waals surface area contributed by atoms with Gasteiger partial charge in [-0.05, 0) is 56.1 Å². The minimum atomic E-state index is -3.12. The largest absolute Gasteiger partial charge is 0.316 e. The number of hydrogen-bond donors (Lipinski definition) is 2. The van der Waals surface area contributed by atoms with E-state index in [9.17, 15) is 8.42 Å². The molecule has 0 spiro atoms. The molecular weight excluding hydrogens is 280 g/mol. The van der Waals surface area contributed by atoms with Crippen LogP contribution in [0.25, 0.3) is 0 Å². The number of piperidine rings is 1. The molecule has 0 bridgehead atoms. The molecule has 1 aromatic heterocycles. The van der Waals surface area contributed by atoms with E-state index in [4.69, 9.17) is 0 Å². The zero-order valence-corrected chi connectivity index (χ0v) is 12.7. The Kier molecular flexibility index (Phi) is 5.81. The van der Waals surface area contributed by atoms with Crippen LogP contribution in [0.4, 0.5) is 0 Å². The van der Waals surface area contributed by atoms with E-state index < -0.39 is 10.0 Å². The number of aryl methyl sites for hydroxylation is 1. The van der Waals surface area contributed by atoms with Crippen molar-refractivity contribution in [3.05, 3.63) is 22.4 Å². The van der Waals surface area contributed by atoms with Crippen LogP contribution in [0.3, 0.4) is 0 Å². The highest BCUT2D eigenvalue weighted by molar-refractivity contribution is 7.89. The Hall–Kier alpha value is -0.430. The SMILES string of the molecule is O=S(=O)(CCc1cccs1)NCCC1CCCNC1. The first-order valence-corrected chi connectivity index (χ1v) is 9.39. The van der Waals surface area contributed by atoms with Crippen molar-refractivity contribution >= 4 is 21.4 Å². The Morgan fingerprint density at radius 2 is 2.37 bits per heavy atom. The Balaban J connectivity index is 1.65. The van der Waals surface area contributed by atoms with Crippen LogP contribution >= 0.6 is 11.3 Å². The molecule has 2 heterocycles. The van der Waals surface area contributed by atoms with E-state index in [0.29, 0.717) is 18.9 Å². The van der Waals surface area contributed by atoms with Crippen molar-refractivity contribution in [1.29, 1.82) is 0 Å². The van der Waals surface area contributed by atoms with Gasteiger partial charge in [0.15, 0.2) is 0 Å². The van der Waals surface area contributed by atoms with Crippen molar-refractivity contribution in [1.82, 2.24) is 10.0 Å². The molecule has 0 aromatic carbocycles. The normalized spacial score (nSPS) is 20.5. The molecule has 1 aliphatic rings. The first-order valence-electron chi connectivity index (χ1n) is 6.86. The molecule has 4 nitrogen and oxygen atoms in total. The van der Waals surface area contributed by atoms with Gasteiger partial charge >= 0.3 is 0 Å². The first-order chi connectivity index (χ1) is 9.16. The summed E-state index contributed by atoms with van der Waals surface area (Å²) in [6, 6.07) is 3.93. The van der Waals surface area contributed by atoms with Gasteiger partial charge in [0, 0.05) is 11.4 Å². The second kappa shape index (κ2) is 7.38. The molecule has 0 saturated carbocycles. The molecule has 1 atom stereocenters. The van der Waals surface area contributed by atoms with Crippen molar-refractivity contribution in [3.8, 4) is 0 Å². The van der Waals surface area contributed by atoms with Crippen molar-refractivity contribution < 1.29 is 8.42 Å². The average molecular weight is 302 g/mol. The van der Waals surface area contributed by atoms with E-state index in [1.165, 1.54) is 12.8 Å². The lowest BCUT2D eigenvalue weighted by atomic mass is 9.96. The van der Waals surface area contributed by atoms with Crippen LogP contribution in [-0.4, -0.2) is 33.8 Å². The van der Waals surface area contributed by atoms with Gasteiger partial charge < -0.3 is 5.32 Å². The van der Waals surface area contributed by atoms with E-state index in [2.05, 4.69) is 10.0 Å². The zero-order chi connectivity index (χ0) is 13.6. The molecule has 6 heteroatoms. The van der Waals surface area contributed by atoms with Gasteiger partial charge in [-0.25, -0.2) is 13.1 Å². The number of nitrogens with one attached hydrogen (secondary N) is 2. The maximum absolute atomic E-state index is 11.8. The maximum atomic E-state index is 11.8. The second-order valence-electron chi connectivity index (χ2n) is 5.04. The topological polar surface area (TPSA) is 58.2 Å². The van der Waals surface area contributed by atoms with E-state index in [1.807, 2.05) is 17.5 Å². The maximum Gasteiger partial charge on any atom is 0.211 e. The Morgan fingerprint density at radius 3 is 3.05 bits per heavy atom. The second-order valence-corrected chi connectivity index (χ2v) is 8.00. The molecule has 1 saturated heterocycles. The Morgan fingerprint density at radius 1 is 1.47 bits per heavy atom. The molecule has 0 radical (unpaired) electrons. The predicted octanol–water partition coefficient (Wildman–Crippen LogP) is 1.60. The zero-order valence-electron chi connectivity index (χ0n) is 11.1. The molecule has 0 aliphatic carbocycles. The molecule has 0 amide bonds. The quantitative estimate of drug-likeness (QED) is 0.804. The van der Waals surface area contributed by atoms with Crippen LogP contribution in [0.15, 0.2) is 17.5 Å². The lowest BCUT2D eigenvalue weighted by Gasteiger charge is -2.22. The summed E-state index contributed by atoms with van der Waals surface area (Å²) in [6.45, 7) is 2.69. The molecule has 2 rings (SSSR count). The van der Waals surface area contributed by atoms with Gasteiger partial charge in [0.2, 0.25) is 10.0 Å². The standard InChI is InChI=1S/C13H22N2O2S2/c16-19(17,10-6-13-4-2-9-18-13)15-8-5-12-3-1-7-14-11-12/h2,4,9,12,14-15H,1,3,5-8,10-11H2. The lowest BCUT2D eigenvalue weighted by molar-refractivity contribution is 0.358. The van der Waals surface area contributed by atoms with Gasteiger partial charge in [0.05, 0.1) is 5.75 Å². The Bertz CT molecular complexity index is 451. The fourth-order valence-electron chi connectivity index (χ4n) is 2.35. The molecule has 108 valence electrons. The van der Waals surface area contributed by atoms with Gasteiger partial charge in [-0.15, -0.1) is 11.3 Å². The van der Waals surface area contributed by atoms with Crippen molar-refractivity contribution in [2.45, 2.75) is 25.7 Å². The summed E-state index contributed by atoms with van der Waals surface area (Å²) < 4.78 is 26.4. The molecule has 1 fully saturated rings. The van der Waals surface area contributed by atoms with Gasteiger partial charge in [0.1, 0.15) is 0 Å². The first kappa shape index (κ1) is 15.0. The smallest absolute Gasteiger partial charge is 0.211 e. The third-order valence-corrected chi connectivity index (χ3v) is 5.79. The van der Waals surface area contributed by atoms with E-state index in [1.54, 1.807) is 11.3 Å².